The molecule has 0 aliphatic carbocycles. The average molecular weight is 437 g/mol. The second kappa shape index (κ2) is 9.53. The lowest BCUT2D eigenvalue weighted by atomic mass is 9.93. The topological polar surface area (TPSA) is 105 Å². The molecule has 7 nitrogen and oxygen atoms in total. The monoisotopic (exact) mass is 436 g/mol. The van der Waals surface area contributed by atoms with E-state index < -0.39 is 6.04 Å². The molecule has 0 saturated heterocycles. The highest BCUT2D eigenvalue weighted by atomic mass is 16.2. The van der Waals surface area contributed by atoms with Gasteiger partial charge in [0.05, 0.1) is 11.4 Å². The normalized spacial score (nSPS) is 15.9. The Kier molecular flexibility index (Phi) is 6.99. The minimum atomic E-state index is -0.625. The highest BCUT2D eigenvalue weighted by Crippen LogP contribution is 2.36. The molecule has 3 rings (SSSR count). The summed E-state index contributed by atoms with van der Waals surface area (Å²) in [7, 11) is 0. The molecule has 1 unspecified atom stereocenters. The van der Waals surface area contributed by atoms with Crippen LogP contribution >= 0.6 is 0 Å². The van der Waals surface area contributed by atoms with Gasteiger partial charge in [0.1, 0.15) is 6.04 Å². The van der Waals surface area contributed by atoms with Crippen LogP contribution in [0.15, 0.2) is 48.5 Å². The van der Waals surface area contributed by atoms with Crippen molar-refractivity contribution in [3.05, 3.63) is 59.7 Å². The number of amides is 3. The van der Waals surface area contributed by atoms with Crippen LogP contribution in [0.5, 0.6) is 0 Å². The molecule has 0 radical (unpaired) electrons. The van der Waals surface area contributed by atoms with E-state index >= 15 is 0 Å². The number of anilines is 2. The lowest BCUT2D eigenvalue weighted by Gasteiger charge is -2.37. The van der Waals surface area contributed by atoms with Crippen LogP contribution in [-0.4, -0.2) is 36.9 Å². The van der Waals surface area contributed by atoms with Gasteiger partial charge in [0.15, 0.2) is 0 Å². The van der Waals surface area contributed by atoms with Crippen LogP contribution in [0.4, 0.5) is 11.4 Å². The fraction of sp³-hybridized carbons (Fsp3) is 0.400. The first-order chi connectivity index (χ1) is 15.1. The summed E-state index contributed by atoms with van der Waals surface area (Å²) >= 11 is 0. The van der Waals surface area contributed by atoms with Crippen molar-refractivity contribution in [3.8, 4) is 0 Å². The van der Waals surface area contributed by atoms with E-state index in [0.717, 1.165) is 0 Å². The second-order valence-electron chi connectivity index (χ2n) is 9.46. The van der Waals surface area contributed by atoms with E-state index in [1.165, 1.54) is 0 Å². The van der Waals surface area contributed by atoms with E-state index in [9.17, 15) is 14.4 Å². The molecule has 32 heavy (non-hydrogen) atoms. The van der Waals surface area contributed by atoms with Gasteiger partial charge in [-0.25, -0.2) is 0 Å². The van der Waals surface area contributed by atoms with E-state index in [1.54, 1.807) is 47.4 Å². The summed E-state index contributed by atoms with van der Waals surface area (Å²) in [5.74, 6) is -0.533. The van der Waals surface area contributed by atoms with E-state index in [-0.39, 0.29) is 29.1 Å². The number of rotatable bonds is 7. The third kappa shape index (κ3) is 5.16. The van der Waals surface area contributed by atoms with Gasteiger partial charge in [0.2, 0.25) is 5.91 Å². The number of carbonyl (C=O) groups is 3. The minimum Gasteiger partial charge on any atom is -0.351 e. The molecule has 170 valence electrons. The number of benzene rings is 2. The molecule has 3 amide bonds. The van der Waals surface area contributed by atoms with Gasteiger partial charge < -0.3 is 16.4 Å². The SMILES string of the molecule is CC(C)CC1C(=O)Nc2cc(C(=O)NCC(C)(C)CN)ccc2N1C(=O)c1ccccc1. The Bertz CT molecular complexity index is 1000. The van der Waals surface area contributed by atoms with E-state index in [2.05, 4.69) is 10.6 Å². The van der Waals surface area contributed by atoms with E-state index in [0.29, 0.717) is 42.0 Å². The van der Waals surface area contributed by atoms with Gasteiger partial charge in [-0.3, -0.25) is 19.3 Å². The van der Waals surface area contributed by atoms with Gasteiger partial charge in [-0.1, -0.05) is 45.9 Å². The molecular formula is C25H32N4O3. The van der Waals surface area contributed by atoms with E-state index in [1.807, 2.05) is 33.8 Å². The summed E-state index contributed by atoms with van der Waals surface area (Å²) in [6.45, 7) is 8.86. The van der Waals surface area contributed by atoms with Gasteiger partial charge >= 0.3 is 0 Å². The fourth-order valence-electron chi connectivity index (χ4n) is 3.61. The van der Waals surface area contributed by atoms with Crippen LogP contribution in [0.2, 0.25) is 0 Å². The molecule has 1 atom stereocenters. The van der Waals surface area contributed by atoms with Crippen LogP contribution < -0.4 is 21.3 Å². The van der Waals surface area contributed by atoms with Gasteiger partial charge in [0, 0.05) is 17.7 Å². The highest BCUT2D eigenvalue weighted by Gasteiger charge is 2.38. The molecule has 1 aliphatic rings. The lowest BCUT2D eigenvalue weighted by molar-refractivity contribution is -0.117. The van der Waals surface area contributed by atoms with E-state index in [4.69, 9.17) is 5.73 Å². The molecule has 7 heteroatoms. The molecule has 0 saturated carbocycles. The van der Waals surface area contributed by atoms with Crippen molar-refractivity contribution < 1.29 is 14.4 Å². The van der Waals surface area contributed by atoms with Crippen LogP contribution in [0.3, 0.4) is 0 Å². The van der Waals surface area contributed by atoms with Gasteiger partial charge in [-0.15, -0.1) is 0 Å². The largest absolute Gasteiger partial charge is 0.351 e. The van der Waals surface area contributed by atoms with Crippen molar-refractivity contribution in [1.82, 2.24) is 5.32 Å². The molecule has 1 heterocycles. The standard InChI is InChI=1S/C25H32N4O3/c1-16(2)12-21-23(31)28-19-13-18(22(30)27-15-25(3,4)14-26)10-11-20(19)29(21)24(32)17-8-6-5-7-9-17/h5-11,13,16,21H,12,14-15,26H2,1-4H3,(H,27,30)(H,28,31). The van der Waals surface area contributed by atoms with Crippen LogP contribution in [0.25, 0.3) is 0 Å². The molecule has 0 bridgehead atoms. The molecule has 4 N–H and O–H groups in total. The quantitative estimate of drug-likeness (QED) is 0.619. The molecule has 2 aromatic carbocycles. The number of fused-ring (bicyclic) bond motifs is 1. The molecule has 2 aromatic rings. The third-order valence-corrected chi connectivity index (χ3v) is 5.60. The van der Waals surface area contributed by atoms with Crippen molar-refractivity contribution >= 4 is 29.1 Å². The Morgan fingerprint density at radius 3 is 2.44 bits per heavy atom. The summed E-state index contributed by atoms with van der Waals surface area (Å²) in [5, 5.41) is 5.79. The van der Waals surface area contributed by atoms with Crippen molar-refractivity contribution in [2.45, 2.75) is 40.2 Å². The van der Waals surface area contributed by atoms with Gasteiger partial charge in [0.25, 0.3) is 11.8 Å². The smallest absolute Gasteiger partial charge is 0.259 e. The minimum absolute atomic E-state index is 0.217. The summed E-state index contributed by atoms with van der Waals surface area (Å²) in [5.41, 5.74) is 7.47. The maximum Gasteiger partial charge on any atom is 0.259 e. The maximum atomic E-state index is 13.4. The Morgan fingerprint density at radius 1 is 1.12 bits per heavy atom. The Morgan fingerprint density at radius 2 is 1.81 bits per heavy atom. The average Bonchev–Trinajstić information content (AvgIpc) is 2.77. The molecule has 0 fully saturated rings. The third-order valence-electron chi connectivity index (χ3n) is 5.60. The van der Waals surface area contributed by atoms with Crippen LogP contribution in [0.1, 0.15) is 54.8 Å². The van der Waals surface area contributed by atoms with Crippen molar-refractivity contribution in [2.75, 3.05) is 23.3 Å². The summed E-state index contributed by atoms with van der Waals surface area (Å²) in [6.07, 6.45) is 0.528. The number of nitrogens with one attached hydrogen (secondary N) is 2. The number of nitrogens with two attached hydrogens (primary N) is 1. The van der Waals surface area contributed by atoms with Crippen molar-refractivity contribution in [3.63, 3.8) is 0 Å². The zero-order chi connectivity index (χ0) is 23.5. The second-order valence-corrected chi connectivity index (χ2v) is 9.46. The summed E-state index contributed by atoms with van der Waals surface area (Å²) < 4.78 is 0. The van der Waals surface area contributed by atoms with Crippen molar-refractivity contribution in [1.29, 1.82) is 0 Å². The molecular weight excluding hydrogens is 404 g/mol. The Balaban J connectivity index is 1.95. The number of carbonyl (C=O) groups excluding carboxylic acids is 3. The summed E-state index contributed by atoms with van der Waals surface area (Å²) in [6, 6.07) is 13.3. The molecule has 0 spiro atoms. The van der Waals surface area contributed by atoms with Gasteiger partial charge in [-0.05, 0) is 54.6 Å². The van der Waals surface area contributed by atoms with Crippen molar-refractivity contribution in [2.24, 2.45) is 17.1 Å². The highest BCUT2D eigenvalue weighted by molar-refractivity contribution is 6.17. The lowest BCUT2D eigenvalue weighted by Crippen LogP contribution is -2.51. The maximum absolute atomic E-state index is 13.4. The number of hydrogen-bond donors (Lipinski definition) is 3. The van der Waals surface area contributed by atoms with Crippen LogP contribution in [-0.2, 0) is 4.79 Å². The first-order valence-electron chi connectivity index (χ1n) is 10.9. The predicted molar refractivity (Wildman–Crippen MR) is 127 cm³/mol. The first kappa shape index (κ1) is 23.5. The Hall–Kier alpha value is -3.19. The van der Waals surface area contributed by atoms with Gasteiger partial charge in [-0.2, -0.15) is 0 Å². The molecule has 0 aromatic heterocycles. The summed E-state index contributed by atoms with van der Waals surface area (Å²) in [4.78, 5) is 40.7. The molecule has 1 aliphatic heterocycles. The number of hydrogen-bond acceptors (Lipinski definition) is 4. The number of nitrogens with zero attached hydrogens (tertiary/aromatic N) is 1. The fourth-order valence-corrected chi connectivity index (χ4v) is 3.61. The Labute approximate surface area is 189 Å². The predicted octanol–water partition coefficient (Wildman–Crippen LogP) is 3.41. The first-order valence-corrected chi connectivity index (χ1v) is 10.9. The zero-order valence-corrected chi connectivity index (χ0v) is 19.1. The van der Waals surface area contributed by atoms with Crippen LogP contribution in [0, 0.1) is 11.3 Å². The zero-order valence-electron chi connectivity index (χ0n) is 19.1.